The van der Waals surface area contributed by atoms with Gasteiger partial charge in [0.25, 0.3) is 0 Å². The minimum atomic E-state index is -0.485. The quantitative estimate of drug-likeness (QED) is 0.617. The molecular weight excluding hydrogens is 152 g/mol. The maximum Gasteiger partial charge on any atom is 0.156 e. The fourth-order valence-electron chi connectivity index (χ4n) is 1.54. The Kier molecular flexibility index (Phi) is 3.07. The molecule has 3 heteroatoms. The Morgan fingerprint density at radius 1 is 1.50 bits per heavy atom. The number of ether oxygens (including phenoxy) is 1. The number of nitriles is 1. The van der Waals surface area contributed by atoms with Crippen LogP contribution in [0.2, 0.25) is 0 Å². The van der Waals surface area contributed by atoms with E-state index < -0.39 is 5.60 Å². The Hall–Kier alpha value is -0.590. The summed E-state index contributed by atoms with van der Waals surface area (Å²) in [5, 5.41) is 8.97. The van der Waals surface area contributed by atoms with Crippen LogP contribution in [0.4, 0.5) is 0 Å². The summed E-state index contributed by atoms with van der Waals surface area (Å²) in [6.45, 7) is 4.51. The number of hydrogen-bond acceptors (Lipinski definition) is 3. The van der Waals surface area contributed by atoms with Crippen molar-refractivity contribution in [2.45, 2.75) is 25.4 Å². The SMILES string of the molecule is CCOC1(C#N)CCN(C)CC1. The fraction of sp³-hybridized carbons (Fsp3) is 0.889. The second-order valence-electron chi connectivity index (χ2n) is 3.34. The van der Waals surface area contributed by atoms with Crippen molar-refractivity contribution in [2.24, 2.45) is 0 Å². The van der Waals surface area contributed by atoms with Gasteiger partial charge in [-0.05, 0) is 14.0 Å². The lowest BCUT2D eigenvalue weighted by Gasteiger charge is -2.34. The van der Waals surface area contributed by atoms with Gasteiger partial charge in [-0.15, -0.1) is 0 Å². The Morgan fingerprint density at radius 2 is 2.08 bits per heavy atom. The molecule has 1 aliphatic heterocycles. The first-order valence-corrected chi connectivity index (χ1v) is 4.46. The van der Waals surface area contributed by atoms with Crippen molar-refractivity contribution in [3.8, 4) is 6.07 Å². The van der Waals surface area contributed by atoms with Crippen LogP contribution in [0.1, 0.15) is 19.8 Å². The summed E-state index contributed by atoms with van der Waals surface area (Å²) in [7, 11) is 2.08. The third kappa shape index (κ3) is 1.96. The lowest BCUT2D eigenvalue weighted by molar-refractivity contribution is -0.0344. The Bertz CT molecular complexity index is 177. The molecule has 0 saturated carbocycles. The van der Waals surface area contributed by atoms with Crippen molar-refractivity contribution in [3.63, 3.8) is 0 Å². The summed E-state index contributed by atoms with van der Waals surface area (Å²) in [4.78, 5) is 2.23. The second kappa shape index (κ2) is 3.88. The lowest BCUT2D eigenvalue weighted by atomic mass is 9.93. The summed E-state index contributed by atoms with van der Waals surface area (Å²) >= 11 is 0. The molecule has 1 aliphatic rings. The van der Waals surface area contributed by atoms with Crippen LogP contribution >= 0.6 is 0 Å². The zero-order valence-corrected chi connectivity index (χ0v) is 7.84. The van der Waals surface area contributed by atoms with Crippen molar-refractivity contribution >= 4 is 0 Å². The molecule has 0 aromatic heterocycles. The standard InChI is InChI=1S/C9H16N2O/c1-3-12-9(8-10)4-6-11(2)7-5-9/h3-7H2,1-2H3. The predicted octanol–water partition coefficient (Wildman–Crippen LogP) is 1.01. The smallest absolute Gasteiger partial charge is 0.156 e. The minimum Gasteiger partial charge on any atom is -0.360 e. The number of rotatable bonds is 2. The average molecular weight is 168 g/mol. The van der Waals surface area contributed by atoms with Gasteiger partial charge >= 0.3 is 0 Å². The van der Waals surface area contributed by atoms with E-state index in [1.165, 1.54) is 0 Å². The van der Waals surface area contributed by atoms with Gasteiger partial charge in [0.15, 0.2) is 5.60 Å². The van der Waals surface area contributed by atoms with Crippen LogP contribution in [0.25, 0.3) is 0 Å². The number of hydrogen-bond donors (Lipinski definition) is 0. The van der Waals surface area contributed by atoms with E-state index >= 15 is 0 Å². The summed E-state index contributed by atoms with van der Waals surface area (Å²) in [6.07, 6.45) is 1.68. The molecule has 0 atom stereocenters. The molecule has 0 bridgehead atoms. The van der Waals surface area contributed by atoms with Gasteiger partial charge in [0, 0.05) is 32.5 Å². The molecule has 0 unspecified atom stereocenters. The topological polar surface area (TPSA) is 36.3 Å². The number of likely N-dealkylation sites (tertiary alicyclic amines) is 1. The monoisotopic (exact) mass is 168 g/mol. The summed E-state index contributed by atoms with van der Waals surface area (Å²) in [6, 6.07) is 2.29. The first-order valence-electron chi connectivity index (χ1n) is 4.46. The van der Waals surface area contributed by atoms with E-state index in [0.29, 0.717) is 6.61 Å². The normalized spacial score (nSPS) is 23.4. The molecular formula is C9H16N2O. The molecule has 68 valence electrons. The average Bonchev–Trinajstić information content (AvgIpc) is 2.10. The largest absolute Gasteiger partial charge is 0.360 e. The first kappa shape index (κ1) is 9.50. The van der Waals surface area contributed by atoms with Gasteiger partial charge in [0.05, 0.1) is 6.07 Å². The van der Waals surface area contributed by atoms with Gasteiger partial charge in [-0.2, -0.15) is 5.26 Å². The van der Waals surface area contributed by atoms with E-state index in [0.717, 1.165) is 25.9 Å². The van der Waals surface area contributed by atoms with Gasteiger partial charge in [-0.25, -0.2) is 0 Å². The van der Waals surface area contributed by atoms with E-state index in [-0.39, 0.29) is 0 Å². The first-order chi connectivity index (χ1) is 5.72. The second-order valence-corrected chi connectivity index (χ2v) is 3.34. The Morgan fingerprint density at radius 3 is 2.50 bits per heavy atom. The van der Waals surface area contributed by atoms with Crippen LogP contribution in [0.5, 0.6) is 0 Å². The van der Waals surface area contributed by atoms with Crippen LogP contribution in [0.3, 0.4) is 0 Å². The third-order valence-corrected chi connectivity index (χ3v) is 2.42. The maximum absolute atomic E-state index is 8.97. The zero-order chi connectivity index (χ0) is 9.03. The van der Waals surface area contributed by atoms with Crippen molar-refractivity contribution in [2.75, 3.05) is 26.7 Å². The van der Waals surface area contributed by atoms with Crippen LogP contribution in [-0.2, 0) is 4.74 Å². The van der Waals surface area contributed by atoms with Crippen LogP contribution in [0.15, 0.2) is 0 Å². The summed E-state index contributed by atoms with van der Waals surface area (Å²) in [5.41, 5.74) is -0.485. The molecule has 1 rings (SSSR count). The molecule has 0 aromatic carbocycles. The molecule has 1 saturated heterocycles. The van der Waals surface area contributed by atoms with Crippen molar-refractivity contribution in [3.05, 3.63) is 0 Å². The van der Waals surface area contributed by atoms with E-state index in [2.05, 4.69) is 18.0 Å². The maximum atomic E-state index is 8.97. The minimum absolute atomic E-state index is 0.485. The molecule has 1 fully saturated rings. The molecule has 0 aliphatic carbocycles. The highest BCUT2D eigenvalue weighted by atomic mass is 16.5. The lowest BCUT2D eigenvalue weighted by Crippen LogP contribution is -2.43. The van der Waals surface area contributed by atoms with Gasteiger partial charge in [0.2, 0.25) is 0 Å². The van der Waals surface area contributed by atoms with E-state index in [4.69, 9.17) is 10.00 Å². The molecule has 1 heterocycles. The Labute approximate surface area is 73.9 Å². The molecule has 0 aromatic rings. The molecule has 0 spiro atoms. The number of piperidine rings is 1. The van der Waals surface area contributed by atoms with Gasteiger partial charge in [-0.3, -0.25) is 0 Å². The van der Waals surface area contributed by atoms with E-state index in [1.54, 1.807) is 0 Å². The van der Waals surface area contributed by atoms with Gasteiger partial charge < -0.3 is 9.64 Å². The van der Waals surface area contributed by atoms with E-state index in [1.807, 2.05) is 6.92 Å². The van der Waals surface area contributed by atoms with Crippen molar-refractivity contribution in [1.82, 2.24) is 4.90 Å². The van der Waals surface area contributed by atoms with Crippen molar-refractivity contribution in [1.29, 1.82) is 5.26 Å². The van der Waals surface area contributed by atoms with Gasteiger partial charge in [0.1, 0.15) is 0 Å². The highest BCUT2D eigenvalue weighted by Crippen LogP contribution is 2.24. The molecule has 0 N–H and O–H groups in total. The van der Waals surface area contributed by atoms with E-state index in [9.17, 15) is 0 Å². The van der Waals surface area contributed by atoms with Gasteiger partial charge in [-0.1, -0.05) is 0 Å². The fourth-order valence-corrected chi connectivity index (χ4v) is 1.54. The highest BCUT2D eigenvalue weighted by Gasteiger charge is 2.33. The van der Waals surface area contributed by atoms with Crippen LogP contribution in [0, 0.1) is 11.3 Å². The zero-order valence-electron chi connectivity index (χ0n) is 7.84. The molecule has 12 heavy (non-hydrogen) atoms. The van der Waals surface area contributed by atoms with Crippen molar-refractivity contribution < 1.29 is 4.74 Å². The summed E-state index contributed by atoms with van der Waals surface area (Å²) in [5.74, 6) is 0. The van der Waals surface area contributed by atoms with Crippen LogP contribution in [-0.4, -0.2) is 37.2 Å². The van der Waals surface area contributed by atoms with Crippen LogP contribution < -0.4 is 0 Å². The molecule has 0 radical (unpaired) electrons. The summed E-state index contributed by atoms with van der Waals surface area (Å²) < 4.78 is 5.48. The highest BCUT2D eigenvalue weighted by molar-refractivity contribution is 5.04. The Balaban J connectivity index is 2.52. The molecule has 0 amide bonds. The predicted molar refractivity (Wildman–Crippen MR) is 46.7 cm³/mol. The molecule has 3 nitrogen and oxygen atoms in total. The third-order valence-electron chi connectivity index (χ3n) is 2.42. The number of nitrogens with zero attached hydrogens (tertiary/aromatic N) is 2.